The first-order chi connectivity index (χ1) is 29.1. The SMILES string of the molecule is N#Cc1cc(F)c(N[C@@H]2CCCC(F)(F)[C@@H]2N)nc1Nc1ccc2ncccc2c1.NC(=O)c1cc(F)c(N[C@@H]2CCCC(F)(F)[C@@H]2N)nc1Nc1ccc2ncccc2c1. The molecule has 316 valence electrons. The molecule has 0 radical (unpaired) electrons. The fraction of sp³-hybridized carbons (Fsp3) is 0.286. The van der Waals surface area contributed by atoms with E-state index in [1.165, 1.54) is 0 Å². The molecule has 2 aliphatic rings. The number of anilines is 6. The van der Waals surface area contributed by atoms with Gasteiger partial charge in [-0.3, -0.25) is 14.8 Å². The second kappa shape index (κ2) is 17.4. The van der Waals surface area contributed by atoms with Crippen LogP contribution in [0.3, 0.4) is 0 Å². The van der Waals surface area contributed by atoms with E-state index in [0.29, 0.717) is 24.2 Å². The molecule has 2 fully saturated rings. The van der Waals surface area contributed by atoms with Crippen molar-refractivity contribution < 1.29 is 31.1 Å². The molecule has 0 saturated heterocycles. The van der Waals surface area contributed by atoms with E-state index >= 15 is 0 Å². The van der Waals surface area contributed by atoms with Crippen LogP contribution in [0.25, 0.3) is 21.8 Å². The van der Waals surface area contributed by atoms with Crippen LogP contribution in [0.5, 0.6) is 0 Å². The summed E-state index contributed by atoms with van der Waals surface area (Å²) in [7, 11) is 0. The summed E-state index contributed by atoms with van der Waals surface area (Å²) in [5, 5.41) is 22.4. The maximum absolute atomic E-state index is 14.6. The molecule has 4 atom stereocenters. The number of amides is 1. The van der Waals surface area contributed by atoms with Crippen LogP contribution in [-0.2, 0) is 0 Å². The number of rotatable bonds is 9. The number of carbonyl (C=O) groups excluding carboxylic acids is 1. The lowest BCUT2D eigenvalue weighted by Crippen LogP contribution is -2.55. The molecule has 0 bridgehead atoms. The van der Waals surface area contributed by atoms with Gasteiger partial charge in [0.1, 0.15) is 11.9 Å². The zero-order chi connectivity index (χ0) is 43.5. The van der Waals surface area contributed by atoms with Crippen LogP contribution in [-0.4, -0.2) is 61.9 Å². The Morgan fingerprint density at radius 2 is 1.16 bits per heavy atom. The summed E-state index contributed by atoms with van der Waals surface area (Å²) in [4.78, 5) is 28.6. The molecule has 61 heavy (non-hydrogen) atoms. The molecule has 0 unspecified atom stereocenters. The second-order valence-electron chi connectivity index (χ2n) is 14.8. The van der Waals surface area contributed by atoms with Crippen LogP contribution in [0.2, 0.25) is 0 Å². The van der Waals surface area contributed by atoms with Gasteiger partial charge in [-0.2, -0.15) is 5.26 Å². The normalized spacial score (nSPS) is 20.4. The van der Waals surface area contributed by atoms with Crippen molar-refractivity contribution in [3.63, 3.8) is 0 Å². The van der Waals surface area contributed by atoms with Crippen molar-refractivity contribution in [2.45, 2.75) is 74.5 Å². The van der Waals surface area contributed by atoms with Gasteiger partial charge in [-0.05, 0) is 86.3 Å². The smallest absolute Gasteiger partial charge is 0.264 e. The average Bonchev–Trinajstić information content (AvgIpc) is 3.23. The summed E-state index contributed by atoms with van der Waals surface area (Å²) < 4.78 is 84.9. The number of alkyl halides is 4. The first-order valence-electron chi connectivity index (χ1n) is 19.3. The zero-order valence-corrected chi connectivity index (χ0v) is 32.3. The van der Waals surface area contributed by atoms with Gasteiger partial charge in [-0.25, -0.2) is 36.3 Å². The number of nitrogens with two attached hydrogens (primary N) is 3. The highest BCUT2D eigenvalue weighted by Gasteiger charge is 2.46. The highest BCUT2D eigenvalue weighted by Crippen LogP contribution is 2.36. The Balaban J connectivity index is 0.000000184. The van der Waals surface area contributed by atoms with Crippen LogP contribution in [0, 0.1) is 23.0 Å². The average molecular weight is 843 g/mol. The molecular formula is C42H40F6N12O. The molecule has 2 saturated carbocycles. The van der Waals surface area contributed by atoms with Gasteiger partial charge in [-0.15, -0.1) is 0 Å². The highest BCUT2D eigenvalue weighted by molar-refractivity contribution is 5.99. The summed E-state index contributed by atoms with van der Waals surface area (Å²) in [6, 6.07) is 17.2. The second-order valence-corrected chi connectivity index (χ2v) is 14.8. The topological polar surface area (TPSA) is 219 Å². The molecule has 6 aromatic rings. The van der Waals surface area contributed by atoms with Crippen molar-refractivity contribution >= 4 is 62.4 Å². The molecule has 1 amide bonds. The zero-order valence-electron chi connectivity index (χ0n) is 32.3. The third-order valence-corrected chi connectivity index (χ3v) is 10.6. The third-order valence-electron chi connectivity index (χ3n) is 10.6. The van der Waals surface area contributed by atoms with Gasteiger partial charge in [0.2, 0.25) is 0 Å². The van der Waals surface area contributed by atoms with E-state index in [9.17, 15) is 36.4 Å². The van der Waals surface area contributed by atoms with E-state index in [2.05, 4.69) is 41.2 Å². The van der Waals surface area contributed by atoms with E-state index in [1.807, 2.05) is 24.3 Å². The summed E-state index contributed by atoms with van der Waals surface area (Å²) in [5.74, 6) is -9.06. The standard InChI is InChI=1S/C21H21F3N6O.C21H19F3N6/c22-14-10-13(18(26)31)19(28-12-5-6-15-11(9-12)3-2-8-27-15)30-20(14)29-16-4-1-7-21(23,24)17(16)25;22-15-10-13(11-25)19(28-14-5-6-16-12(9-14)3-2-8-27-16)30-20(15)29-17-4-1-7-21(23,24)18(17)26/h2-3,5-6,8-10,16-17H,1,4,7,25H2,(H2,26,31)(H2,28,29,30);2-3,5-6,8-10,17-18H,1,4,7,26H2,(H2,28,29,30)/t16-,17-;17-,18-/m11/s1. The molecule has 19 heteroatoms. The van der Waals surface area contributed by atoms with Gasteiger partial charge in [-0.1, -0.05) is 12.1 Å². The number of hydrogen-bond acceptors (Lipinski definition) is 12. The van der Waals surface area contributed by atoms with Crippen molar-refractivity contribution in [2.24, 2.45) is 17.2 Å². The lowest BCUT2D eigenvalue weighted by atomic mass is 9.87. The Bertz CT molecular complexity index is 2630. The number of benzene rings is 2. The van der Waals surface area contributed by atoms with Crippen LogP contribution in [0.4, 0.5) is 61.0 Å². The number of nitrogens with one attached hydrogen (secondary N) is 4. The molecule has 2 aromatic carbocycles. The largest absolute Gasteiger partial charge is 0.365 e. The fourth-order valence-electron chi connectivity index (χ4n) is 7.30. The van der Waals surface area contributed by atoms with Crippen molar-refractivity contribution in [3.8, 4) is 6.07 Å². The maximum Gasteiger partial charge on any atom is 0.264 e. The van der Waals surface area contributed by atoms with Gasteiger partial charge in [0.05, 0.1) is 34.2 Å². The Kier molecular flexibility index (Phi) is 12.1. The van der Waals surface area contributed by atoms with Crippen molar-refractivity contribution in [1.29, 1.82) is 5.26 Å². The monoisotopic (exact) mass is 842 g/mol. The Morgan fingerprint density at radius 3 is 1.66 bits per heavy atom. The molecule has 10 N–H and O–H groups in total. The predicted molar refractivity (Wildman–Crippen MR) is 220 cm³/mol. The minimum absolute atomic E-state index is 0.00391. The molecule has 0 spiro atoms. The molecule has 2 aliphatic carbocycles. The number of pyridine rings is 4. The number of carbonyl (C=O) groups is 1. The molecule has 4 heterocycles. The Labute approximate surface area is 345 Å². The maximum atomic E-state index is 14.6. The molecule has 8 rings (SSSR count). The van der Waals surface area contributed by atoms with Crippen molar-refractivity contribution in [1.82, 2.24) is 19.9 Å². The van der Waals surface area contributed by atoms with E-state index in [1.54, 1.807) is 54.9 Å². The molecular weight excluding hydrogens is 803 g/mol. The number of nitrogens with zero attached hydrogens (tertiary/aromatic N) is 5. The van der Waals surface area contributed by atoms with E-state index in [-0.39, 0.29) is 60.1 Å². The number of primary amides is 1. The van der Waals surface area contributed by atoms with Gasteiger partial charge in [0.15, 0.2) is 29.1 Å². The van der Waals surface area contributed by atoms with Crippen LogP contribution in [0.15, 0.2) is 85.2 Å². The lowest BCUT2D eigenvalue weighted by molar-refractivity contribution is -0.0559. The Morgan fingerprint density at radius 1 is 0.689 bits per heavy atom. The Hall–Kier alpha value is -6.78. The third kappa shape index (κ3) is 9.50. The van der Waals surface area contributed by atoms with Crippen molar-refractivity contribution in [3.05, 3.63) is 108 Å². The summed E-state index contributed by atoms with van der Waals surface area (Å²) in [6.07, 6.45) is 3.98. The summed E-state index contributed by atoms with van der Waals surface area (Å²) >= 11 is 0. The number of fused-ring (bicyclic) bond motifs is 2. The van der Waals surface area contributed by atoms with Gasteiger partial charge in [0, 0.05) is 59.5 Å². The summed E-state index contributed by atoms with van der Waals surface area (Å²) in [6.45, 7) is 0. The lowest BCUT2D eigenvalue weighted by Gasteiger charge is -2.36. The predicted octanol–water partition coefficient (Wildman–Crippen LogP) is 7.85. The molecule has 4 aromatic heterocycles. The quantitative estimate of drug-likeness (QED) is 0.0693. The molecule has 13 nitrogen and oxygen atoms in total. The molecule has 0 aliphatic heterocycles. The highest BCUT2D eigenvalue weighted by atomic mass is 19.3. The first kappa shape index (κ1) is 42.3. The van der Waals surface area contributed by atoms with E-state index < -0.39 is 53.6 Å². The van der Waals surface area contributed by atoms with Gasteiger partial charge in [0.25, 0.3) is 17.8 Å². The minimum atomic E-state index is -3.06. The van der Waals surface area contributed by atoms with Gasteiger partial charge >= 0.3 is 0 Å². The summed E-state index contributed by atoms with van der Waals surface area (Å²) in [5.41, 5.74) is 19.3. The van der Waals surface area contributed by atoms with E-state index in [4.69, 9.17) is 17.2 Å². The number of halogens is 6. The van der Waals surface area contributed by atoms with Crippen LogP contribution < -0.4 is 38.5 Å². The minimum Gasteiger partial charge on any atom is -0.365 e. The van der Waals surface area contributed by atoms with Crippen LogP contribution >= 0.6 is 0 Å². The number of aromatic nitrogens is 4. The van der Waals surface area contributed by atoms with Crippen molar-refractivity contribution in [2.75, 3.05) is 21.3 Å². The van der Waals surface area contributed by atoms with Gasteiger partial charge < -0.3 is 38.5 Å². The number of hydrogen-bond donors (Lipinski definition) is 7. The first-order valence-corrected chi connectivity index (χ1v) is 19.3. The van der Waals surface area contributed by atoms with E-state index in [0.717, 1.165) is 33.9 Å². The van der Waals surface area contributed by atoms with Crippen LogP contribution in [0.1, 0.15) is 54.4 Å². The fourth-order valence-corrected chi connectivity index (χ4v) is 7.30. The number of nitriles is 1.